The summed E-state index contributed by atoms with van der Waals surface area (Å²) in [6.45, 7) is 4.23. The van der Waals surface area contributed by atoms with Crippen LogP contribution in [-0.2, 0) is 4.79 Å². The maximum atomic E-state index is 12.7. The summed E-state index contributed by atoms with van der Waals surface area (Å²) in [6, 6.07) is 10.9. The summed E-state index contributed by atoms with van der Waals surface area (Å²) in [5.74, 6) is 0.696. The van der Waals surface area contributed by atoms with E-state index in [2.05, 4.69) is 19.2 Å². The first kappa shape index (κ1) is 20.0. The molecule has 0 aliphatic rings. The lowest BCUT2D eigenvalue weighted by atomic mass is 10.0. The number of hydrogen-bond donors (Lipinski definition) is 1. The predicted octanol–water partition coefficient (Wildman–Crippen LogP) is 3.73. The zero-order valence-corrected chi connectivity index (χ0v) is 16.5. The minimum atomic E-state index is -0.145. The Hall–Kier alpha value is -2.34. The maximum absolute atomic E-state index is 12.7. The second-order valence-corrected chi connectivity index (χ2v) is 7.75. The number of nitrogens with one attached hydrogen (secondary N) is 1. The van der Waals surface area contributed by atoms with E-state index in [9.17, 15) is 9.59 Å². The fourth-order valence-electron chi connectivity index (χ4n) is 2.45. The Kier molecular flexibility index (Phi) is 7.21. The highest BCUT2D eigenvalue weighted by Gasteiger charge is 2.18. The van der Waals surface area contributed by atoms with Gasteiger partial charge in [-0.15, -0.1) is 11.3 Å². The molecule has 6 heteroatoms. The van der Waals surface area contributed by atoms with Crippen LogP contribution in [0.2, 0.25) is 0 Å². The van der Waals surface area contributed by atoms with Crippen molar-refractivity contribution in [2.24, 2.45) is 5.92 Å². The van der Waals surface area contributed by atoms with E-state index < -0.39 is 0 Å². The molecule has 0 fully saturated rings. The normalized spacial score (nSPS) is 11.9. The first-order valence-corrected chi connectivity index (χ1v) is 9.52. The molecule has 1 N–H and O–H groups in total. The van der Waals surface area contributed by atoms with Gasteiger partial charge in [0.25, 0.3) is 11.8 Å². The largest absolute Gasteiger partial charge is 0.484 e. The molecule has 0 bridgehead atoms. The van der Waals surface area contributed by atoms with E-state index in [0.29, 0.717) is 17.2 Å². The smallest absolute Gasteiger partial charge is 0.259 e. The molecule has 0 radical (unpaired) electrons. The molecule has 0 aliphatic carbocycles. The lowest BCUT2D eigenvalue weighted by Gasteiger charge is -2.20. The zero-order chi connectivity index (χ0) is 19.1. The van der Waals surface area contributed by atoms with Gasteiger partial charge in [-0.2, -0.15) is 0 Å². The zero-order valence-electron chi connectivity index (χ0n) is 15.7. The maximum Gasteiger partial charge on any atom is 0.259 e. The second-order valence-electron chi connectivity index (χ2n) is 6.78. The number of thiophene rings is 1. The van der Waals surface area contributed by atoms with Gasteiger partial charge >= 0.3 is 0 Å². The summed E-state index contributed by atoms with van der Waals surface area (Å²) in [7, 11) is 3.35. The van der Waals surface area contributed by atoms with Crippen molar-refractivity contribution in [2.45, 2.75) is 26.3 Å². The van der Waals surface area contributed by atoms with Gasteiger partial charge in [-0.05, 0) is 42.0 Å². The van der Waals surface area contributed by atoms with Gasteiger partial charge in [0.15, 0.2) is 6.61 Å². The number of rotatable bonds is 8. The van der Waals surface area contributed by atoms with Crippen molar-refractivity contribution in [3.8, 4) is 5.75 Å². The second kappa shape index (κ2) is 9.38. The van der Waals surface area contributed by atoms with Crippen molar-refractivity contribution in [1.29, 1.82) is 0 Å². The highest BCUT2D eigenvalue weighted by Crippen LogP contribution is 2.26. The van der Waals surface area contributed by atoms with Crippen LogP contribution < -0.4 is 10.1 Å². The van der Waals surface area contributed by atoms with E-state index in [1.165, 1.54) is 4.90 Å². The number of ether oxygens (including phenoxy) is 1. The van der Waals surface area contributed by atoms with E-state index in [4.69, 9.17) is 4.74 Å². The molecule has 2 rings (SSSR count). The molecule has 1 unspecified atom stereocenters. The van der Waals surface area contributed by atoms with Crippen LogP contribution >= 0.6 is 11.3 Å². The Morgan fingerprint density at radius 2 is 1.96 bits per heavy atom. The van der Waals surface area contributed by atoms with Gasteiger partial charge in [0.05, 0.1) is 6.04 Å². The van der Waals surface area contributed by atoms with Crippen LogP contribution in [-0.4, -0.2) is 37.4 Å². The van der Waals surface area contributed by atoms with Crippen molar-refractivity contribution in [3.63, 3.8) is 0 Å². The Balaban J connectivity index is 2.06. The standard InChI is InChI=1S/C20H26N2O3S/c1-14(2)11-17(18-9-6-10-26-18)21-20(24)15-7-5-8-16(12-15)25-13-19(23)22(3)4/h5-10,12,14,17H,11,13H2,1-4H3,(H,21,24). The molecule has 2 amide bonds. The average Bonchev–Trinajstić information content (AvgIpc) is 3.13. The molecule has 1 atom stereocenters. The van der Waals surface area contributed by atoms with Crippen molar-refractivity contribution in [3.05, 3.63) is 52.2 Å². The van der Waals surface area contributed by atoms with Crippen LogP contribution in [0.25, 0.3) is 0 Å². The Morgan fingerprint density at radius 3 is 2.58 bits per heavy atom. The summed E-state index contributed by atoms with van der Waals surface area (Å²) in [4.78, 5) is 26.9. The third-order valence-corrected chi connectivity index (χ3v) is 4.84. The number of carbonyl (C=O) groups excluding carboxylic acids is 2. The number of nitrogens with zero attached hydrogens (tertiary/aromatic N) is 1. The molecule has 2 aromatic rings. The van der Waals surface area contributed by atoms with Gasteiger partial charge in [0.2, 0.25) is 0 Å². The molecular weight excluding hydrogens is 348 g/mol. The highest BCUT2D eigenvalue weighted by molar-refractivity contribution is 7.10. The molecule has 0 spiro atoms. The third-order valence-electron chi connectivity index (χ3n) is 3.86. The van der Waals surface area contributed by atoms with Gasteiger partial charge in [0.1, 0.15) is 5.75 Å². The molecule has 0 saturated heterocycles. The Bertz CT molecular complexity index is 726. The van der Waals surface area contributed by atoms with E-state index in [1.54, 1.807) is 49.7 Å². The first-order chi connectivity index (χ1) is 12.4. The quantitative estimate of drug-likeness (QED) is 0.766. The van der Waals surface area contributed by atoms with Crippen molar-refractivity contribution >= 4 is 23.2 Å². The fourth-order valence-corrected chi connectivity index (χ4v) is 3.24. The summed E-state index contributed by atoms with van der Waals surface area (Å²) >= 11 is 1.65. The van der Waals surface area contributed by atoms with E-state index >= 15 is 0 Å². The van der Waals surface area contributed by atoms with Gasteiger partial charge in [-0.1, -0.05) is 26.0 Å². The monoisotopic (exact) mass is 374 g/mol. The minimum Gasteiger partial charge on any atom is -0.484 e. The van der Waals surface area contributed by atoms with Crippen molar-refractivity contribution < 1.29 is 14.3 Å². The Morgan fingerprint density at radius 1 is 1.19 bits per heavy atom. The molecule has 26 heavy (non-hydrogen) atoms. The van der Waals surface area contributed by atoms with Crippen LogP contribution in [0.15, 0.2) is 41.8 Å². The summed E-state index contributed by atoms with van der Waals surface area (Å²) in [5.41, 5.74) is 0.519. The van der Waals surface area contributed by atoms with Gasteiger partial charge in [-0.25, -0.2) is 0 Å². The molecule has 5 nitrogen and oxygen atoms in total. The number of likely N-dealkylation sites (N-methyl/N-ethyl adjacent to an activating group) is 1. The lowest BCUT2D eigenvalue weighted by Crippen LogP contribution is -2.29. The topological polar surface area (TPSA) is 58.6 Å². The minimum absolute atomic E-state index is 0.0117. The van der Waals surface area contributed by atoms with E-state index in [-0.39, 0.29) is 24.5 Å². The van der Waals surface area contributed by atoms with Crippen molar-refractivity contribution in [2.75, 3.05) is 20.7 Å². The Labute approximate surface area is 159 Å². The summed E-state index contributed by atoms with van der Waals surface area (Å²) < 4.78 is 5.49. The molecule has 1 aromatic heterocycles. The number of amides is 2. The van der Waals surface area contributed by atoms with Crippen LogP contribution in [0, 0.1) is 5.92 Å². The highest BCUT2D eigenvalue weighted by atomic mass is 32.1. The fraction of sp³-hybridized carbons (Fsp3) is 0.400. The van der Waals surface area contributed by atoms with E-state index in [0.717, 1.165) is 11.3 Å². The van der Waals surface area contributed by atoms with Crippen molar-refractivity contribution in [1.82, 2.24) is 10.2 Å². The number of hydrogen-bond acceptors (Lipinski definition) is 4. The predicted molar refractivity (Wildman–Crippen MR) is 105 cm³/mol. The van der Waals surface area contributed by atoms with Crippen LogP contribution in [0.5, 0.6) is 5.75 Å². The first-order valence-electron chi connectivity index (χ1n) is 8.64. The third kappa shape index (κ3) is 5.88. The molecule has 0 saturated carbocycles. The summed E-state index contributed by atoms with van der Waals surface area (Å²) in [6.07, 6.45) is 0.875. The SMILES string of the molecule is CC(C)CC(NC(=O)c1cccc(OCC(=O)N(C)C)c1)c1cccs1. The molecule has 1 aromatic carbocycles. The molecule has 0 aliphatic heterocycles. The number of carbonyl (C=O) groups is 2. The van der Waals surface area contributed by atoms with Gasteiger partial charge in [-0.3, -0.25) is 9.59 Å². The lowest BCUT2D eigenvalue weighted by molar-refractivity contribution is -0.130. The van der Waals surface area contributed by atoms with Gasteiger partial charge in [0, 0.05) is 24.5 Å². The van der Waals surface area contributed by atoms with Crippen LogP contribution in [0.3, 0.4) is 0 Å². The number of benzene rings is 1. The van der Waals surface area contributed by atoms with E-state index in [1.807, 2.05) is 17.5 Å². The van der Waals surface area contributed by atoms with Crippen LogP contribution in [0.1, 0.15) is 41.5 Å². The average molecular weight is 375 g/mol. The van der Waals surface area contributed by atoms with Crippen LogP contribution in [0.4, 0.5) is 0 Å². The van der Waals surface area contributed by atoms with Gasteiger partial charge < -0.3 is 15.0 Å². The summed E-state index contributed by atoms with van der Waals surface area (Å²) in [5, 5.41) is 5.14. The molecular formula is C20H26N2O3S. The molecule has 1 heterocycles. The molecule has 140 valence electrons.